The Hall–Kier alpha value is -2.88. The molecule has 0 atom stereocenters. The number of nitrogens with one attached hydrogen (secondary N) is 1. The van der Waals surface area contributed by atoms with Crippen LogP contribution in [0.15, 0.2) is 63.2 Å². The number of hydrogen-bond donors (Lipinski definition) is 2. The van der Waals surface area contributed by atoms with Crippen molar-refractivity contribution in [2.75, 3.05) is 50.0 Å². The third kappa shape index (κ3) is 4.81. The fourth-order valence-electron chi connectivity index (χ4n) is 3.19. The first-order chi connectivity index (χ1) is 14.6. The number of aromatic nitrogens is 2. The average Bonchev–Trinajstić information content (AvgIpc) is 3.29. The minimum atomic E-state index is -0.244. The number of rotatable bonds is 6. The van der Waals surface area contributed by atoms with Gasteiger partial charge in [-0.25, -0.2) is 9.97 Å². The number of carbonyl (C=O) groups is 1. The summed E-state index contributed by atoms with van der Waals surface area (Å²) in [5.74, 6) is 1.41. The maximum Gasteiger partial charge on any atom is 0.238 e. The normalized spacial score (nSPS) is 14.7. The van der Waals surface area contributed by atoms with Crippen molar-refractivity contribution in [1.29, 1.82) is 0 Å². The van der Waals surface area contributed by atoms with Gasteiger partial charge in [-0.3, -0.25) is 4.79 Å². The minimum Gasteiger partial charge on any atom is -0.463 e. The Morgan fingerprint density at radius 2 is 2.07 bits per heavy atom. The number of amides is 1. The molecule has 0 bridgehead atoms. The molecule has 156 valence electrons. The SMILES string of the molecule is CN1CCN(c2ccc(Sc3cc(NC(=O)CN)ccn3)c(-c3ccco3)n2)CC1. The molecule has 1 saturated heterocycles. The van der Waals surface area contributed by atoms with Gasteiger partial charge in [0, 0.05) is 43.0 Å². The Morgan fingerprint density at radius 3 is 2.80 bits per heavy atom. The number of nitrogens with two attached hydrogens (primary N) is 1. The standard InChI is InChI=1S/C21H24N6O2S/c1-26-8-10-27(11-9-26)18-5-4-17(21(25-18)16-3-2-12-29-16)30-20-13-15(6-7-23-20)24-19(28)14-22/h2-7,12-13H,8-11,14,22H2,1H3,(H,23,24,28). The molecule has 3 N–H and O–H groups in total. The van der Waals surface area contributed by atoms with Crippen molar-refractivity contribution in [1.82, 2.24) is 14.9 Å². The first-order valence-electron chi connectivity index (χ1n) is 9.74. The van der Waals surface area contributed by atoms with Crippen LogP contribution in [0.1, 0.15) is 0 Å². The Kier molecular flexibility index (Phi) is 6.32. The minimum absolute atomic E-state index is 0.0644. The first kappa shape index (κ1) is 20.4. The fraction of sp³-hybridized carbons (Fsp3) is 0.286. The van der Waals surface area contributed by atoms with Crippen LogP contribution < -0.4 is 16.0 Å². The second kappa shape index (κ2) is 9.29. The zero-order valence-electron chi connectivity index (χ0n) is 16.7. The number of furan rings is 1. The summed E-state index contributed by atoms with van der Waals surface area (Å²) in [4.78, 5) is 26.5. The van der Waals surface area contributed by atoms with E-state index in [4.69, 9.17) is 15.1 Å². The smallest absolute Gasteiger partial charge is 0.238 e. The number of nitrogens with zero attached hydrogens (tertiary/aromatic N) is 4. The van der Waals surface area contributed by atoms with Crippen molar-refractivity contribution in [3.8, 4) is 11.5 Å². The first-order valence-corrected chi connectivity index (χ1v) is 10.6. The zero-order chi connectivity index (χ0) is 20.9. The molecule has 8 nitrogen and oxygen atoms in total. The van der Waals surface area contributed by atoms with Crippen LogP contribution in [-0.2, 0) is 4.79 Å². The Morgan fingerprint density at radius 1 is 1.23 bits per heavy atom. The molecule has 3 aromatic heterocycles. The summed E-state index contributed by atoms with van der Waals surface area (Å²) < 4.78 is 5.65. The molecule has 0 unspecified atom stereocenters. The van der Waals surface area contributed by atoms with Crippen LogP contribution in [0.3, 0.4) is 0 Å². The quantitative estimate of drug-likeness (QED) is 0.623. The zero-order valence-corrected chi connectivity index (χ0v) is 17.6. The van der Waals surface area contributed by atoms with Crippen LogP contribution in [0, 0.1) is 0 Å². The van der Waals surface area contributed by atoms with Crippen LogP contribution in [0.4, 0.5) is 11.5 Å². The number of hydrogen-bond acceptors (Lipinski definition) is 8. The molecule has 0 aliphatic carbocycles. The van der Waals surface area contributed by atoms with Gasteiger partial charge in [-0.2, -0.15) is 0 Å². The molecule has 9 heteroatoms. The Bertz CT molecular complexity index is 1000. The van der Waals surface area contributed by atoms with Crippen molar-refractivity contribution in [2.45, 2.75) is 9.92 Å². The van der Waals surface area contributed by atoms with Crippen LogP contribution in [-0.4, -0.2) is 60.5 Å². The van der Waals surface area contributed by atoms with Crippen molar-refractivity contribution in [2.24, 2.45) is 5.73 Å². The van der Waals surface area contributed by atoms with Crippen molar-refractivity contribution in [3.05, 3.63) is 48.9 Å². The summed E-state index contributed by atoms with van der Waals surface area (Å²) >= 11 is 1.47. The van der Waals surface area contributed by atoms with Crippen molar-refractivity contribution < 1.29 is 9.21 Å². The lowest BCUT2D eigenvalue weighted by Gasteiger charge is -2.33. The largest absolute Gasteiger partial charge is 0.463 e. The summed E-state index contributed by atoms with van der Waals surface area (Å²) in [5.41, 5.74) is 6.82. The highest BCUT2D eigenvalue weighted by Crippen LogP contribution is 2.36. The van der Waals surface area contributed by atoms with Gasteiger partial charge in [0.2, 0.25) is 5.91 Å². The van der Waals surface area contributed by atoms with Crippen molar-refractivity contribution in [3.63, 3.8) is 0 Å². The van der Waals surface area contributed by atoms with E-state index < -0.39 is 0 Å². The maximum atomic E-state index is 11.6. The number of carbonyl (C=O) groups excluding carboxylic acids is 1. The van der Waals surface area contributed by atoms with E-state index in [2.05, 4.69) is 33.2 Å². The molecule has 0 spiro atoms. The van der Waals surface area contributed by atoms with Crippen LogP contribution in [0.5, 0.6) is 0 Å². The highest BCUT2D eigenvalue weighted by atomic mass is 32.2. The molecular formula is C21H24N6O2S. The number of pyridine rings is 2. The summed E-state index contributed by atoms with van der Waals surface area (Å²) in [6.07, 6.45) is 3.31. The van der Waals surface area contributed by atoms with E-state index in [9.17, 15) is 4.79 Å². The fourth-order valence-corrected chi connectivity index (χ4v) is 4.09. The second-order valence-electron chi connectivity index (χ2n) is 7.02. The molecule has 4 heterocycles. The van der Waals surface area contributed by atoms with Crippen molar-refractivity contribution >= 4 is 29.2 Å². The van der Waals surface area contributed by atoms with E-state index in [1.54, 1.807) is 18.5 Å². The van der Waals surface area contributed by atoms with Gasteiger partial charge in [-0.1, -0.05) is 11.8 Å². The lowest BCUT2D eigenvalue weighted by atomic mass is 10.2. The van der Waals surface area contributed by atoms with E-state index in [0.29, 0.717) is 11.4 Å². The molecule has 30 heavy (non-hydrogen) atoms. The van der Waals surface area contributed by atoms with Gasteiger partial charge in [-0.05, 0) is 43.4 Å². The maximum absolute atomic E-state index is 11.6. The molecule has 0 saturated carbocycles. The van der Waals surface area contributed by atoms with Crippen LogP contribution in [0.25, 0.3) is 11.5 Å². The molecule has 3 aromatic rings. The predicted molar refractivity (Wildman–Crippen MR) is 118 cm³/mol. The van der Waals surface area contributed by atoms with Gasteiger partial charge in [0.25, 0.3) is 0 Å². The highest BCUT2D eigenvalue weighted by molar-refractivity contribution is 7.99. The van der Waals surface area contributed by atoms with Gasteiger partial charge in [0.05, 0.1) is 12.8 Å². The second-order valence-corrected chi connectivity index (χ2v) is 8.08. The molecule has 1 amide bonds. The summed E-state index contributed by atoms with van der Waals surface area (Å²) in [6, 6.07) is 11.4. The van der Waals surface area contributed by atoms with Gasteiger partial charge in [0.15, 0.2) is 5.76 Å². The molecule has 1 aliphatic rings. The summed E-state index contributed by atoms with van der Waals surface area (Å²) in [7, 11) is 2.13. The molecule has 0 aromatic carbocycles. The Labute approximate surface area is 179 Å². The molecular weight excluding hydrogens is 400 g/mol. The third-order valence-corrected chi connectivity index (χ3v) is 5.83. The predicted octanol–water partition coefficient (Wildman–Crippen LogP) is 2.54. The number of likely N-dealkylation sites (N-methyl/N-ethyl adjacent to an activating group) is 1. The van der Waals surface area contributed by atoms with E-state index in [1.807, 2.05) is 24.3 Å². The van der Waals surface area contributed by atoms with Crippen LogP contribution >= 0.6 is 11.8 Å². The topological polar surface area (TPSA) is 101 Å². The summed E-state index contributed by atoms with van der Waals surface area (Å²) in [6.45, 7) is 3.85. The highest BCUT2D eigenvalue weighted by Gasteiger charge is 2.19. The van der Waals surface area contributed by atoms with Gasteiger partial charge >= 0.3 is 0 Å². The lowest BCUT2D eigenvalue weighted by molar-refractivity contribution is -0.114. The number of anilines is 2. The summed E-state index contributed by atoms with van der Waals surface area (Å²) in [5, 5.41) is 3.50. The number of piperazine rings is 1. The monoisotopic (exact) mass is 424 g/mol. The van der Waals surface area contributed by atoms with Gasteiger partial charge in [-0.15, -0.1) is 0 Å². The van der Waals surface area contributed by atoms with E-state index in [1.165, 1.54) is 11.8 Å². The Balaban J connectivity index is 1.61. The lowest BCUT2D eigenvalue weighted by Crippen LogP contribution is -2.44. The van der Waals surface area contributed by atoms with Gasteiger partial charge < -0.3 is 25.3 Å². The van der Waals surface area contributed by atoms with E-state index >= 15 is 0 Å². The third-order valence-electron chi connectivity index (χ3n) is 4.84. The molecule has 4 rings (SSSR count). The molecule has 1 aliphatic heterocycles. The van der Waals surface area contributed by atoms with Crippen LogP contribution in [0.2, 0.25) is 0 Å². The molecule has 1 fully saturated rings. The average molecular weight is 425 g/mol. The molecule has 0 radical (unpaired) electrons. The van der Waals surface area contributed by atoms with E-state index in [0.717, 1.165) is 47.6 Å². The van der Waals surface area contributed by atoms with Gasteiger partial charge in [0.1, 0.15) is 16.5 Å². The van der Waals surface area contributed by atoms with E-state index in [-0.39, 0.29) is 12.5 Å².